The lowest BCUT2D eigenvalue weighted by Gasteiger charge is -2.13. The van der Waals surface area contributed by atoms with Crippen molar-refractivity contribution in [1.29, 1.82) is 0 Å². The van der Waals surface area contributed by atoms with E-state index in [0.29, 0.717) is 12.1 Å². The Labute approximate surface area is 63.8 Å². The van der Waals surface area contributed by atoms with Gasteiger partial charge in [-0.05, 0) is 6.42 Å². The van der Waals surface area contributed by atoms with Gasteiger partial charge in [0.05, 0.1) is 12.0 Å². The van der Waals surface area contributed by atoms with Crippen LogP contribution in [0, 0.1) is 0 Å². The van der Waals surface area contributed by atoms with E-state index in [4.69, 9.17) is 11.6 Å². The maximum Gasteiger partial charge on any atom is 0.178 e. The monoisotopic (exact) mass is 162 g/mol. The highest BCUT2D eigenvalue weighted by molar-refractivity contribution is 6.22. The lowest BCUT2D eigenvalue weighted by atomic mass is 10.3. The van der Waals surface area contributed by atoms with Crippen molar-refractivity contribution in [2.24, 2.45) is 4.99 Å². The summed E-state index contributed by atoms with van der Waals surface area (Å²) in [6.07, 6.45) is 2.03. The number of halogens is 2. The summed E-state index contributed by atoms with van der Waals surface area (Å²) in [5, 5.41) is 2.68. The van der Waals surface area contributed by atoms with Crippen LogP contribution >= 0.6 is 11.6 Å². The largest absolute Gasteiger partial charge is 0.348 e. The second kappa shape index (κ2) is 3.01. The third kappa shape index (κ3) is 1.29. The third-order valence-electron chi connectivity index (χ3n) is 1.30. The summed E-state index contributed by atoms with van der Waals surface area (Å²) in [5.41, 5.74) is -0.300. The Bertz CT molecular complexity index is 188. The second-order valence-electron chi connectivity index (χ2n) is 1.94. The van der Waals surface area contributed by atoms with Gasteiger partial charge in [0.25, 0.3) is 0 Å². The SMILES string of the molecule is CCC1=C(F)C(Cl)N=CN1. The summed E-state index contributed by atoms with van der Waals surface area (Å²) in [6.45, 7) is 1.85. The Morgan fingerprint density at radius 3 is 3.10 bits per heavy atom. The topological polar surface area (TPSA) is 24.4 Å². The Hall–Kier alpha value is -0.570. The van der Waals surface area contributed by atoms with Crippen LogP contribution in [0.2, 0.25) is 0 Å². The molecule has 1 unspecified atom stereocenters. The molecule has 0 radical (unpaired) electrons. The Kier molecular flexibility index (Phi) is 2.27. The molecule has 0 bridgehead atoms. The average molecular weight is 163 g/mol. The first kappa shape index (κ1) is 7.54. The molecule has 0 aromatic heterocycles. The van der Waals surface area contributed by atoms with Crippen molar-refractivity contribution in [3.05, 3.63) is 11.5 Å². The van der Waals surface area contributed by atoms with Crippen molar-refractivity contribution in [2.75, 3.05) is 0 Å². The third-order valence-corrected chi connectivity index (χ3v) is 1.60. The van der Waals surface area contributed by atoms with E-state index in [-0.39, 0.29) is 5.83 Å². The maximum atomic E-state index is 12.8. The molecule has 0 aliphatic carbocycles. The summed E-state index contributed by atoms with van der Waals surface area (Å²) >= 11 is 5.47. The standard InChI is InChI=1S/C6H8ClFN2/c1-2-4-5(8)6(7)10-3-9-4/h3,6H,2H2,1H3,(H,9,10). The fourth-order valence-electron chi connectivity index (χ4n) is 0.730. The second-order valence-corrected chi connectivity index (χ2v) is 2.35. The van der Waals surface area contributed by atoms with Crippen molar-refractivity contribution in [1.82, 2.24) is 5.32 Å². The van der Waals surface area contributed by atoms with E-state index in [1.165, 1.54) is 6.34 Å². The molecule has 1 N–H and O–H groups in total. The van der Waals surface area contributed by atoms with Crippen LogP contribution in [0.4, 0.5) is 4.39 Å². The molecule has 0 spiro atoms. The number of nitrogens with zero attached hydrogens (tertiary/aromatic N) is 1. The predicted molar refractivity (Wildman–Crippen MR) is 39.7 cm³/mol. The van der Waals surface area contributed by atoms with Crippen LogP contribution in [-0.2, 0) is 0 Å². The molecule has 56 valence electrons. The first-order valence-electron chi connectivity index (χ1n) is 3.06. The smallest absolute Gasteiger partial charge is 0.178 e. The summed E-state index contributed by atoms with van der Waals surface area (Å²) in [6, 6.07) is 0. The zero-order chi connectivity index (χ0) is 7.56. The van der Waals surface area contributed by atoms with Crippen LogP contribution in [0.5, 0.6) is 0 Å². The number of hydrogen-bond acceptors (Lipinski definition) is 2. The van der Waals surface area contributed by atoms with E-state index < -0.39 is 5.50 Å². The number of nitrogens with one attached hydrogen (secondary N) is 1. The quantitative estimate of drug-likeness (QED) is 0.461. The number of alkyl halides is 1. The highest BCUT2D eigenvalue weighted by Gasteiger charge is 2.16. The van der Waals surface area contributed by atoms with Gasteiger partial charge in [0.1, 0.15) is 0 Å². The van der Waals surface area contributed by atoms with E-state index in [1.807, 2.05) is 6.92 Å². The highest BCUT2D eigenvalue weighted by atomic mass is 35.5. The highest BCUT2D eigenvalue weighted by Crippen LogP contribution is 2.19. The van der Waals surface area contributed by atoms with Crippen LogP contribution in [0.25, 0.3) is 0 Å². The minimum absolute atomic E-state index is 0.369. The van der Waals surface area contributed by atoms with E-state index >= 15 is 0 Å². The van der Waals surface area contributed by atoms with Gasteiger partial charge in [-0.3, -0.25) is 0 Å². The van der Waals surface area contributed by atoms with Crippen LogP contribution < -0.4 is 5.32 Å². The van der Waals surface area contributed by atoms with Gasteiger partial charge in [0.15, 0.2) is 11.3 Å². The molecule has 1 atom stereocenters. The molecule has 1 heterocycles. The van der Waals surface area contributed by atoms with Crippen LogP contribution in [0.15, 0.2) is 16.5 Å². The molecule has 1 rings (SSSR count). The minimum atomic E-state index is -0.823. The minimum Gasteiger partial charge on any atom is -0.348 e. The first-order chi connectivity index (χ1) is 4.75. The number of hydrogen-bond donors (Lipinski definition) is 1. The Balaban J connectivity index is 2.77. The molecule has 1 aliphatic heterocycles. The molecule has 1 aliphatic rings. The van der Waals surface area contributed by atoms with Gasteiger partial charge < -0.3 is 5.32 Å². The van der Waals surface area contributed by atoms with Crippen LogP contribution in [0.3, 0.4) is 0 Å². The zero-order valence-corrected chi connectivity index (χ0v) is 6.32. The zero-order valence-electron chi connectivity index (χ0n) is 5.56. The van der Waals surface area contributed by atoms with Crippen molar-refractivity contribution >= 4 is 17.9 Å². The van der Waals surface area contributed by atoms with E-state index in [1.54, 1.807) is 0 Å². The number of aliphatic imine (C=N–C) groups is 1. The number of allylic oxidation sites excluding steroid dienone is 1. The summed E-state index contributed by atoms with van der Waals surface area (Å²) in [4.78, 5) is 3.61. The van der Waals surface area contributed by atoms with Gasteiger partial charge in [0, 0.05) is 0 Å². The molecular formula is C6H8ClFN2. The average Bonchev–Trinajstić information content (AvgIpc) is 1.95. The molecule has 0 saturated heterocycles. The molecule has 10 heavy (non-hydrogen) atoms. The maximum absolute atomic E-state index is 12.8. The summed E-state index contributed by atoms with van der Waals surface area (Å²) in [7, 11) is 0. The van der Waals surface area contributed by atoms with E-state index in [2.05, 4.69) is 10.3 Å². The van der Waals surface area contributed by atoms with Gasteiger partial charge >= 0.3 is 0 Å². The van der Waals surface area contributed by atoms with Gasteiger partial charge in [0.2, 0.25) is 0 Å². The number of rotatable bonds is 1. The first-order valence-corrected chi connectivity index (χ1v) is 3.50. The fraction of sp³-hybridized carbons (Fsp3) is 0.500. The van der Waals surface area contributed by atoms with Gasteiger partial charge in [-0.2, -0.15) is 0 Å². The molecule has 0 saturated carbocycles. The molecule has 4 heteroatoms. The molecule has 0 aromatic carbocycles. The Morgan fingerprint density at radius 2 is 2.60 bits per heavy atom. The van der Waals surface area contributed by atoms with Crippen LogP contribution in [0.1, 0.15) is 13.3 Å². The van der Waals surface area contributed by atoms with E-state index in [0.717, 1.165) is 0 Å². The molecule has 2 nitrogen and oxygen atoms in total. The summed E-state index contributed by atoms with van der Waals surface area (Å²) < 4.78 is 12.8. The molecule has 0 fully saturated rings. The molecular weight excluding hydrogens is 155 g/mol. The van der Waals surface area contributed by atoms with Crippen molar-refractivity contribution in [3.8, 4) is 0 Å². The normalized spacial score (nSPS) is 24.9. The van der Waals surface area contributed by atoms with Crippen LogP contribution in [-0.4, -0.2) is 11.8 Å². The lowest BCUT2D eigenvalue weighted by Crippen LogP contribution is -2.20. The fourth-order valence-corrected chi connectivity index (χ4v) is 0.918. The van der Waals surface area contributed by atoms with Gasteiger partial charge in [-0.15, -0.1) is 0 Å². The van der Waals surface area contributed by atoms with E-state index in [9.17, 15) is 4.39 Å². The van der Waals surface area contributed by atoms with Crippen molar-refractivity contribution in [2.45, 2.75) is 18.8 Å². The predicted octanol–water partition coefficient (Wildman–Crippen LogP) is 1.77. The lowest BCUT2D eigenvalue weighted by molar-refractivity contribution is 0.568. The van der Waals surface area contributed by atoms with Gasteiger partial charge in [-0.1, -0.05) is 18.5 Å². The molecule has 0 aromatic rings. The van der Waals surface area contributed by atoms with Gasteiger partial charge in [-0.25, -0.2) is 9.38 Å². The van der Waals surface area contributed by atoms with Crippen molar-refractivity contribution in [3.63, 3.8) is 0 Å². The Morgan fingerprint density at radius 1 is 1.90 bits per heavy atom. The van der Waals surface area contributed by atoms with Crippen molar-refractivity contribution < 1.29 is 4.39 Å². The molecule has 0 amide bonds. The summed E-state index contributed by atoms with van der Waals surface area (Å²) in [5.74, 6) is -0.369.